The number of nitrogens with one attached hydrogen (secondary N) is 1. The molecular formula is C16H14F6N6. The highest BCUT2D eigenvalue weighted by Gasteiger charge is 2.59. The van der Waals surface area contributed by atoms with E-state index in [1.807, 2.05) is 4.90 Å². The van der Waals surface area contributed by atoms with Crippen LogP contribution in [0.4, 0.5) is 32.3 Å². The molecule has 2 aromatic heterocycles. The summed E-state index contributed by atoms with van der Waals surface area (Å²) in [4.78, 5) is 10.1. The van der Waals surface area contributed by atoms with Crippen LogP contribution in [0.1, 0.15) is 11.4 Å². The molecule has 12 heteroatoms. The predicted molar refractivity (Wildman–Crippen MR) is 88.0 cm³/mol. The second-order valence-electron chi connectivity index (χ2n) is 6.47. The minimum absolute atomic E-state index is 0.0326. The summed E-state index contributed by atoms with van der Waals surface area (Å²) in [6, 6.07) is 0.744. The normalized spacial score (nSPS) is 16.3. The molecule has 28 heavy (non-hydrogen) atoms. The largest absolute Gasteiger partial charge is 0.458 e. The summed E-state index contributed by atoms with van der Waals surface area (Å²) in [6.45, 7) is 3.91. The molecule has 1 N–H and O–H groups in total. The Morgan fingerprint density at radius 3 is 2.36 bits per heavy atom. The number of halogens is 6. The Balaban J connectivity index is 2.00. The van der Waals surface area contributed by atoms with Crippen LogP contribution in [0.2, 0.25) is 0 Å². The number of benzene rings is 1. The van der Waals surface area contributed by atoms with Crippen molar-refractivity contribution in [2.45, 2.75) is 19.0 Å². The molecule has 0 atom stereocenters. The third-order valence-corrected chi connectivity index (χ3v) is 4.54. The number of hydrogen-bond donors (Lipinski definition) is 1. The van der Waals surface area contributed by atoms with Crippen molar-refractivity contribution in [2.24, 2.45) is 0 Å². The molecule has 4 rings (SSSR count). The van der Waals surface area contributed by atoms with E-state index in [9.17, 15) is 26.3 Å². The molecule has 0 spiro atoms. The maximum atomic E-state index is 14.6. The van der Waals surface area contributed by atoms with E-state index in [0.29, 0.717) is 32.2 Å². The minimum Gasteiger partial charge on any atom is -0.338 e. The molecule has 1 saturated heterocycles. The lowest BCUT2D eigenvalue weighted by atomic mass is 10.0. The summed E-state index contributed by atoms with van der Waals surface area (Å²) in [6.07, 6.45) is -5.86. The van der Waals surface area contributed by atoms with Crippen LogP contribution >= 0.6 is 0 Å². The van der Waals surface area contributed by atoms with Gasteiger partial charge in [0.25, 0.3) is 0 Å². The Hall–Kier alpha value is -2.63. The number of piperazine rings is 1. The Morgan fingerprint density at radius 2 is 1.71 bits per heavy atom. The lowest BCUT2D eigenvalue weighted by Crippen LogP contribution is -2.44. The van der Waals surface area contributed by atoms with Crippen LogP contribution in [0.5, 0.6) is 0 Å². The second kappa shape index (κ2) is 6.19. The van der Waals surface area contributed by atoms with Crippen LogP contribution in [-0.4, -0.2) is 51.9 Å². The number of fused-ring (bicyclic) bond motifs is 3. The van der Waals surface area contributed by atoms with Gasteiger partial charge in [-0.15, -0.1) is 5.10 Å². The molecule has 3 aromatic rings. The monoisotopic (exact) mass is 404 g/mol. The van der Waals surface area contributed by atoms with Crippen molar-refractivity contribution in [3.63, 3.8) is 0 Å². The fourth-order valence-corrected chi connectivity index (χ4v) is 3.17. The van der Waals surface area contributed by atoms with Crippen LogP contribution in [0.25, 0.3) is 16.6 Å². The molecule has 0 saturated carbocycles. The van der Waals surface area contributed by atoms with Gasteiger partial charge < -0.3 is 10.2 Å². The SMILES string of the molecule is Cc1nc2c3cc(C(F)(F)C(F)(F)F)cc(F)c3nc(N3CCNCC3)n2n1. The van der Waals surface area contributed by atoms with E-state index >= 15 is 0 Å². The summed E-state index contributed by atoms with van der Waals surface area (Å²) in [5, 5.41) is 7.04. The van der Waals surface area contributed by atoms with E-state index in [-0.39, 0.29) is 34.4 Å². The van der Waals surface area contributed by atoms with Crippen LogP contribution in [-0.2, 0) is 5.92 Å². The summed E-state index contributed by atoms with van der Waals surface area (Å²) >= 11 is 0. The third kappa shape index (κ3) is 2.82. The summed E-state index contributed by atoms with van der Waals surface area (Å²) in [7, 11) is 0. The molecule has 150 valence electrons. The lowest BCUT2D eigenvalue weighted by molar-refractivity contribution is -0.289. The Labute approximate surface area is 154 Å². The average Bonchev–Trinajstić information content (AvgIpc) is 3.02. The highest BCUT2D eigenvalue weighted by molar-refractivity contribution is 5.93. The van der Waals surface area contributed by atoms with Crippen molar-refractivity contribution >= 4 is 22.5 Å². The molecule has 1 aliphatic heterocycles. The number of aromatic nitrogens is 4. The summed E-state index contributed by atoms with van der Waals surface area (Å²) < 4.78 is 81.6. The van der Waals surface area contributed by atoms with Crippen LogP contribution in [0.3, 0.4) is 0 Å². The molecule has 0 unspecified atom stereocenters. The zero-order chi connectivity index (χ0) is 20.3. The van der Waals surface area contributed by atoms with E-state index in [4.69, 9.17) is 0 Å². The van der Waals surface area contributed by atoms with Crippen LogP contribution < -0.4 is 10.2 Å². The van der Waals surface area contributed by atoms with Crippen molar-refractivity contribution in [1.82, 2.24) is 24.9 Å². The minimum atomic E-state index is -5.86. The topological polar surface area (TPSA) is 58.4 Å². The zero-order valence-corrected chi connectivity index (χ0v) is 14.5. The fraction of sp³-hybridized carbons (Fsp3) is 0.438. The number of anilines is 1. The first-order chi connectivity index (χ1) is 13.1. The molecule has 0 bridgehead atoms. The number of hydrogen-bond acceptors (Lipinski definition) is 5. The van der Waals surface area contributed by atoms with Gasteiger partial charge in [0, 0.05) is 37.1 Å². The van der Waals surface area contributed by atoms with E-state index in [1.165, 1.54) is 11.4 Å². The number of aryl methyl sites for hydroxylation is 1. The van der Waals surface area contributed by atoms with Gasteiger partial charge in [-0.2, -0.15) is 26.5 Å². The molecule has 0 radical (unpaired) electrons. The second-order valence-corrected chi connectivity index (χ2v) is 6.47. The standard InChI is InChI=1S/C16H14F6N6/c1-8-24-13-10-6-9(15(18,19)16(20,21)22)7-11(17)12(10)25-14(28(13)26-8)27-4-2-23-3-5-27/h6-7,23H,2-5H2,1H3. The Kier molecular flexibility index (Phi) is 4.14. The van der Waals surface area contributed by atoms with Crippen LogP contribution in [0.15, 0.2) is 12.1 Å². The number of nitrogens with zero attached hydrogens (tertiary/aromatic N) is 5. The molecule has 1 aliphatic rings. The Morgan fingerprint density at radius 1 is 1.04 bits per heavy atom. The van der Waals surface area contributed by atoms with Gasteiger partial charge in [0.2, 0.25) is 5.95 Å². The van der Waals surface area contributed by atoms with Gasteiger partial charge in [-0.25, -0.2) is 14.4 Å². The average molecular weight is 404 g/mol. The van der Waals surface area contributed by atoms with Gasteiger partial charge in [-0.05, 0) is 19.1 Å². The van der Waals surface area contributed by atoms with Crippen molar-refractivity contribution in [1.29, 1.82) is 0 Å². The number of rotatable bonds is 2. The molecule has 1 aromatic carbocycles. The molecule has 3 heterocycles. The van der Waals surface area contributed by atoms with Crippen molar-refractivity contribution in [3.05, 3.63) is 29.3 Å². The zero-order valence-electron chi connectivity index (χ0n) is 14.5. The highest BCUT2D eigenvalue weighted by atomic mass is 19.4. The van der Waals surface area contributed by atoms with Gasteiger partial charge in [0.1, 0.15) is 17.2 Å². The van der Waals surface area contributed by atoms with Gasteiger partial charge in [0.15, 0.2) is 5.65 Å². The first kappa shape index (κ1) is 18.7. The smallest absolute Gasteiger partial charge is 0.338 e. The molecule has 6 nitrogen and oxygen atoms in total. The predicted octanol–water partition coefficient (Wildman–Crippen LogP) is 2.79. The van der Waals surface area contributed by atoms with Crippen LogP contribution in [0, 0.1) is 12.7 Å². The van der Waals surface area contributed by atoms with E-state index < -0.39 is 23.5 Å². The molecule has 1 fully saturated rings. The van der Waals surface area contributed by atoms with Crippen molar-refractivity contribution < 1.29 is 26.3 Å². The third-order valence-electron chi connectivity index (χ3n) is 4.54. The van der Waals surface area contributed by atoms with Gasteiger partial charge in [-0.3, -0.25) is 0 Å². The maximum Gasteiger partial charge on any atom is 0.458 e. The molecule has 0 aliphatic carbocycles. The summed E-state index contributed by atoms with van der Waals surface area (Å²) in [5.41, 5.74) is -1.88. The van der Waals surface area contributed by atoms with E-state index in [0.717, 1.165) is 0 Å². The molecule has 0 amide bonds. The van der Waals surface area contributed by atoms with Crippen molar-refractivity contribution in [3.8, 4) is 0 Å². The van der Waals surface area contributed by atoms with E-state index in [2.05, 4.69) is 20.4 Å². The Bertz CT molecular complexity index is 1050. The highest BCUT2D eigenvalue weighted by Crippen LogP contribution is 2.45. The van der Waals surface area contributed by atoms with Crippen molar-refractivity contribution in [2.75, 3.05) is 31.1 Å². The van der Waals surface area contributed by atoms with Gasteiger partial charge in [0.05, 0.1) is 0 Å². The van der Waals surface area contributed by atoms with Gasteiger partial charge in [-0.1, -0.05) is 0 Å². The first-order valence-corrected chi connectivity index (χ1v) is 8.37. The molecular weight excluding hydrogens is 390 g/mol. The number of alkyl halides is 5. The maximum absolute atomic E-state index is 14.6. The quantitative estimate of drug-likeness (QED) is 0.666. The lowest BCUT2D eigenvalue weighted by Gasteiger charge is -2.28. The van der Waals surface area contributed by atoms with E-state index in [1.54, 1.807) is 0 Å². The first-order valence-electron chi connectivity index (χ1n) is 8.37. The van der Waals surface area contributed by atoms with Gasteiger partial charge >= 0.3 is 12.1 Å². The summed E-state index contributed by atoms with van der Waals surface area (Å²) in [5.74, 6) is -6.00. The fourth-order valence-electron chi connectivity index (χ4n) is 3.17.